The first kappa shape index (κ1) is 54.8. The maximum Gasteiger partial charge on any atom is 0.313 e. The van der Waals surface area contributed by atoms with Gasteiger partial charge in [0.05, 0.1) is 25.0 Å². The third kappa shape index (κ3) is 17.3. The van der Waals surface area contributed by atoms with Crippen molar-refractivity contribution in [2.75, 3.05) is 20.1 Å². The zero-order valence-electron chi connectivity index (χ0n) is 41.6. The second-order valence-electron chi connectivity index (χ2n) is 17.7. The molecule has 0 aromatic heterocycles. The standard InChI is InChI=1S/C52H72N2O5.C2H6.CH5N/c1-35(2)51(55)58-49-25-23-41(31-47(49)45(43-19-15-13-16-20-43)27-29-53(37(5)6)38(7)8)33-57-34-42-24-26-50(59-52(56)36(3)4)48(32-42)46(44-21-17-14-18-22-44)28-30-54(39(9)10)40(11)12;2*1-2/h13-26,31-32,35-40,45-46H,27-30,33-34H2,1-12H3;1-2H3;2H2,1H3/t45-,46+;;. The quantitative estimate of drug-likeness (QED) is 0.0617. The highest BCUT2D eigenvalue weighted by molar-refractivity contribution is 5.75. The van der Waals surface area contributed by atoms with Gasteiger partial charge >= 0.3 is 11.9 Å². The van der Waals surface area contributed by atoms with E-state index in [-0.39, 0.29) is 35.6 Å². The molecule has 0 aliphatic carbocycles. The summed E-state index contributed by atoms with van der Waals surface area (Å²) in [6.07, 6.45) is 1.73. The highest BCUT2D eigenvalue weighted by Gasteiger charge is 2.26. The van der Waals surface area contributed by atoms with Gasteiger partial charge in [-0.3, -0.25) is 19.4 Å². The predicted octanol–water partition coefficient (Wildman–Crippen LogP) is 12.4. The molecule has 0 amide bonds. The maximum atomic E-state index is 13.0. The lowest BCUT2D eigenvalue weighted by molar-refractivity contribution is -0.138. The predicted molar refractivity (Wildman–Crippen MR) is 264 cm³/mol. The van der Waals surface area contributed by atoms with Crippen LogP contribution in [0.25, 0.3) is 0 Å². The van der Waals surface area contributed by atoms with Gasteiger partial charge in [-0.15, -0.1) is 0 Å². The zero-order chi connectivity index (χ0) is 47.2. The first-order chi connectivity index (χ1) is 30.1. The van der Waals surface area contributed by atoms with Crippen molar-refractivity contribution in [1.82, 2.24) is 9.80 Å². The molecule has 0 saturated heterocycles. The molecule has 4 aromatic rings. The van der Waals surface area contributed by atoms with E-state index in [1.807, 2.05) is 77.9 Å². The summed E-state index contributed by atoms with van der Waals surface area (Å²) in [5.74, 6) is 0.197. The molecule has 0 aliphatic heterocycles. The highest BCUT2D eigenvalue weighted by atomic mass is 16.5. The molecule has 0 saturated carbocycles. The van der Waals surface area contributed by atoms with Crippen LogP contribution in [0.4, 0.5) is 0 Å². The molecule has 4 aromatic carbocycles. The fourth-order valence-corrected chi connectivity index (χ4v) is 8.00. The van der Waals surface area contributed by atoms with Crippen LogP contribution < -0.4 is 15.2 Å². The molecule has 63 heavy (non-hydrogen) atoms. The first-order valence-corrected chi connectivity index (χ1v) is 23.5. The second-order valence-corrected chi connectivity index (χ2v) is 17.7. The summed E-state index contributed by atoms with van der Waals surface area (Å²) in [4.78, 5) is 31.1. The van der Waals surface area contributed by atoms with E-state index in [1.54, 1.807) is 0 Å². The number of benzene rings is 4. The number of hydrogen-bond donors (Lipinski definition) is 1. The van der Waals surface area contributed by atoms with E-state index < -0.39 is 0 Å². The van der Waals surface area contributed by atoms with Gasteiger partial charge in [0.2, 0.25) is 0 Å². The summed E-state index contributed by atoms with van der Waals surface area (Å²) in [5, 5.41) is 0. The molecule has 2 N–H and O–H groups in total. The Morgan fingerprint density at radius 1 is 0.492 bits per heavy atom. The number of esters is 2. The Bertz CT molecular complexity index is 1740. The van der Waals surface area contributed by atoms with Gasteiger partial charge in [-0.1, -0.05) is 114 Å². The van der Waals surface area contributed by atoms with E-state index >= 15 is 0 Å². The van der Waals surface area contributed by atoms with Crippen molar-refractivity contribution in [2.45, 2.75) is 159 Å². The molecule has 0 aliphatic rings. The van der Waals surface area contributed by atoms with Crippen LogP contribution in [0.15, 0.2) is 97.1 Å². The van der Waals surface area contributed by atoms with Crippen molar-refractivity contribution in [2.24, 2.45) is 17.6 Å². The van der Waals surface area contributed by atoms with Crippen LogP contribution in [0.2, 0.25) is 0 Å². The molecule has 348 valence electrons. The van der Waals surface area contributed by atoms with Crippen molar-refractivity contribution in [3.05, 3.63) is 130 Å². The third-order valence-electron chi connectivity index (χ3n) is 11.2. The molecule has 8 nitrogen and oxygen atoms in total. The molecule has 0 bridgehead atoms. The van der Waals surface area contributed by atoms with E-state index in [4.69, 9.17) is 14.2 Å². The molecular weight excluding hydrogens is 783 g/mol. The Hall–Kier alpha value is -4.34. The van der Waals surface area contributed by atoms with E-state index in [1.165, 1.54) is 18.2 Å². The molecule has 0 fully saturated rings. The number of carbonyl (C=O) groups excluding carboxylic acids is 2. The van der Waals surface area contributed by atoms with Crippen LogP contribution in [0.1, 0.15) is 155 Å². The molecule has 0 heterocycles. The Kier molecular flexibility index (Phi) is 24.7. The first-order valence-electron chi connectivity index (χ1n) is 23.5. The SMILES string of the molecule is CC.CC(C)C(=O)Oc1ccc(COCc2ccc(OC(=O)C(C)C)c([C@@H](CCN(C(C)C)C(C)C)c3ccccc3)c2)cc1[C@H](CCN(C(C)C)C(C)C)c1ccccc1.CN. The van der Waals surface area contributed by atoms with Crippen LogP contribution >= 0.6 is 0 Å². The van der Waals surface area contributed by atoms with E-state index in [0.717, 1.165) is 48.2 Å². The molecule has 0 unspecified atom stereocenters. The lowest BCUT2D eigenvalue weighted by Crippen LogP contribution is -2.38. The van der Waals surface area contributed by atoms with Crippen molar-refractivity contribution in [3.63, 3.8) is 0 Å². The van der Waals surface area contributed by atoms with E-state index in [9.17, 15) is 9.59 Å². The maximum absolute atomic E-state index is 13.0. The minimum Gasteiger partial charge on any atom is -0.426 e. The summed E-state index contributed by atoms with van der Waals surface area (Å²) in [6.45, 7) is 32.0. The minimum atomic E-state index is -0.255. The minimum absolute atomic E-state index is 0.00648. The van der Waals surface area contributed by atoms with Gasteiger partial charge in [0, 0.05) is 47.1 Å². The molecule has 2 atom stereocenters. The normalized spacial score (nSPS) is 12.4. The van der Waals surface area contributed by atoms with Crippen LogP contribution in [0.3, 0.4) is 0 Å². The number of ether oxygens (including phenoxy) is 3. The van der Waals surface area contributed by atoms with Crippen molar-refractivity contribution >= 4 is 11.9 Å². The number of rotatable bonds is 22. The number of hydrogen-bond acceptors (Lipinski definition) is 8. The van der Waals surface area contributed by atoms with Crippen LogP contribution in [0, 0.1) is 11.8 Å². The average molecular weight is 866 g/mol. The zero-order valence-corrected chi connectivity index (χ0v) is 41.6. The Balaban J connectivity index is 0.00000331. The Morgan fingerprint density at radius 2 is 0.810 bits per heavy atom. The molecule has 8 heteroatoms. The van der Waals surface area contributed by atoms with Gasteiger partial charge < -0.3 is 19.9 Å². The van der Waals surface area contributed by atoms with Crippen LogP contribution in [-0.4, -0.2) is 66.0 Å². The van der Waals surface area contributed by atoms with Gasteiger partial charge in [-0.05, 0) is 135 Å². The Morgan fingerprint density at radius 3 is 1.10 bits per heavy atom. The van der Waals surface area contributed by atoms with Gasteiger partial charge in [0.1, 0.15) is 11.5 Å². The van der Waals surface area contributed by atoms with Gasteiger partial charge in [0.15, 0.2) is 0 Å². The van der Waals surface area contributed by atoms with E-state index in [0.29, 0.717) is 48.9 Å². The summed E-state index contributed by atoms with van der Waals surface area (Å²) >= 11 is 0. The molecular formula is C55H83N3O5. The third-order valence-corrected chi connectivity index (χ3v) is 11.2. The number of nitrogens with zero attached hydrogens (tertiary/aromatic N) is 2. The van der Waals surface area contributed by atoms with Crippen molar-refractivity contribution in [1.29, 1.82) is 0 Å². The van der Waals surface area contributed by atoms with Gasteiger partial charge in [0.25, 0.3) is 0 Å². The van der Waals surface area contributed by atoms with Crippen molar-refractivity contribution in [3.8, 4) is 11.5 Å². The fourth-order valence-electron chi connectivity index (χ4n) is 8.00. The van der Waals surface area contributed by atoms with Crippen molar-refractivity contribution < 1.29 is 23.8 Å². The molecule has 4 rings (SSSR count). The van der Waals surface area contributed by atoms with E-state index in [2.05, 4.69) is 132 Å². The average Bonchev–Trinajstić information content (AvgIpc) is 3.26. The fraction of sp³-hybridized carbons (Fsp3) is 0.527. The summed E-state index contributed by atoms with van der Waals surface area (Å²) in [6, 6.07) is 34.9. The number of carbonyl (C=O) groups is 2. The highest BCUT2D eigenvalue weighted by Crippen LogP contribution is 2.38. The summed E-state index contributed by atoms with van der Waals surface area (Å²) in [5.41, 5.74) is 10.8. The molecule has 0 spiro atoms. The molecule has 0 radical (unpaired) electrons. The second kappa shape index (κ2) is 28.5. The summed E-state index contributed by atoms with van der Waals surface area (Å²) in [7, 11) is 1.50. The monoisotopic (exact) mass is 866 g/mol. The topological polar surface area (TPSA) is 94.3 Å². The largest absolute Gasteiger partial charge is 0.426 e. The van der Waals surface area contributed by atoms with Crippen LogP contribution in [-0.2, 0) is 27.5 Å². The smallest absolute Gasteiger partial charge is 0.313 e. The lowest BCUT2D eigenvalue weighted by Gasteiger charge is -2.32. The van der Waals surface area contributed by atoms with Crippen LogP contribution in [0.5, 0.6) is 11.5 Å². The summed E-state index contributed by atoms with van der Waals surface area (Å²) < 4.78 is 18.7. The Labute approximate surface area is 382 Å². The van der Waals surface area contributed by atoms with Gasteiger partial charge in [-0.2, -0.15) is 0 Å². The van der Waals surface area contributed by atoms with Gasteiger partial charge in [-0.25, -0.2) is 0 Å². The number of nitrogens with two attached hydrogens (primary N) is 1. The lowest BCUT2D eigenvalue weighted by atomic mass is 9.86.